The van der Waals surface area contributed by atoms with Crippen molar-refractivity contribution in [3.8, 4) is 11.4 Å². The van der Waals surface area contributed by atoms with Gasteiger partial charge in [-0.3, -0.25) is 9.59 Å². The van der Waals surface area contributed by atoms with Crippen molar-refractivity contribution < 1.29 is 14.3 Å². The summed E-state index contributed by atoms with van der Waals surface area (Å²) in [7, 11) is 0. The van der Waals surface area contributed by atoms with Crippen molar-refractivity contribution in [1.82, 2.24) is 9.99 Å². The van der Waals surface area contributed by atoms with Crippen LogP contribution in [0.15, 0.2) is 53.6 Å². The molecule has 3 rings (SSSR count). The van der Waals surface area contributed by atoms with Gasteiger partial charge in [-0.15, -0.1) is 0 Å². The highest BCUT2D eigenvalue weighted by atomic mass is 16.5. The number of rotatable bonds is 6. The summed E-state index contributed by atoms with van der Waals surface area (Å²) in [5.74, 6) is -0.955. The highest BCUT2D eigenvalue weighted by Gasteiger charge is 2.15. The van der Waals surface area contributed by atoms with Crippen LogP contribution in [0.3, 0.4) is 0 Å². The van der Waals surface area contributed by atoms with Gasteiger partial charge in [-0.25, -0.2) is 5.43 Å². The van der Waals surface area contributed by atoms with Gasteiger partial charge in [0.05, 0.1) is 18.5 Å². The quantitative estimate of drug-likeness (QED) is 0.348. The molecule has 0 unspecified atom stereocenters. The van der Waals surface area contributed by atoms with Gasteiger partial charge in [0.2, 0.25) is 0 Å². The molecule has 0 atom stereocenters. The van der Waals surface area contributed by atoms with Crippen molar-refractivity contribution in [2.45, 2.75) is 34.6 Å². The summed E-state index contributed by atoms with van der Waals surface area (Å²) in [4.78, 5) is 24.2. The fraction of sp³-hybridized carbons (Fsp3) is 0.240. The molecule has 32 heavy (non-hydrogen) atoms. The van der Waals surface area contributed by atoms with Crippen molar-refractivity contribution in [1.29, 1.82) is 0 Å². The van der Waals surface area contributed by atoms with E-state index in [4.69, 9.17) is 4.74 Å². The van der Waals surface area contributed by atoms with Crippen molar-refractivity contribution in [3.63, 3.8) is 0 Å². The second kappa shape index (κ2) is 9.96. The van der Waals surface area contributed by atoms with Crippen molar-refractivity contribution in [2.24, 2.45) is 5.10 Å². The Morgan fingerprint density at radius 1 is 1.00 bits per heavy atom. The van der Waals surface area contributed by atoms with E-state index in [-0.39, 0.29) is 0 Å². The minimum Gasteiger partial charge on any atom is -0.494 e. The fourth-order valence-corrected chi connectivity index (χ4v) is 3.62. The molecular weight excluding hydrogens is 404 g/mol. The first-order valence-electron chi connectivity index (χ1n) is 10.4. The van der Waals surface area contributed by atoms with Gasteiger partial charge < -0.3 is 14.6 Å². The first-order valence-corrected chi connectivity index (χ1v) is 10.4. The first-order chi connectivity index (χ1) is 15.3. The van der Waals surface area contributed by atoms with Crippen LogP contribution >= 0.6 is 0 Å². The van der Waals surface area contributed by atoms with Gasteiger partial charge in [-0.05, 0) is 76.1 Å². The monoisotopic (exact) mass is 432 g/mol. The Morgan fingerprint density at radius 2 is 1.66 bits per heavy atom. The summed E-state index contributed by atoms with van der Waals surface area (Å²) in [5.41, 5.74) is 9.18. The molecule has 0 saturated heterocycles. The topological polar surface area (TPSA) is 84.7 Å². The van der Waals surface area contributed by atoms with Gasteiger partial charge in [0.1, 0.15) is 5.75 Å². The number of amides is 2. The Kier molecular flexibility index (Phi) is 7.10. The van der Waals surface area contributed by atoms with Crippen LogP contribution in [0, 0.1) is 27.7 Å². The zero-order chi connectivity index (χ0) is 23.3. The number of benzene rings is 2. The molecule has 2 amide bonds. The van der Waals surface area contributed by atoms with Crippen LogP contribution in [0.5, 0.6) is 5.75 Å². The van der Waals surface area contributed by atoms with E-state index < -0.39 is 11.8 Å². The lowest BCUT2D eigenvalue weighted by Crippen LogP contribution is -2.32. The zero-order valence-corrected chi connectivity index (χ0v) is 19.0. The third kappa shape index (κ3) is 5.06. The molecule has 0 fully saturated rings. The Morgan fingerprint density at radius 3 is 2.28 bits per heavy atom. The number of nitrogens with zero attached hydrogens (tertiary/aromatic N) is 2. The van der Waals surface area contributed by atoms with E-state index >= 15 is 0 Å². The van der Waals surface area contributed by atoms with Crippen molar-refractivity contribution >= 4 is 23.7 Å². The van der Waals surface area contributed by atoms with Gasteiger partial charge >= 0.3 is 11.8 Å². The molecule has 0 spiro atoms. The standard InChI is InChI=1S/C25H28N4O3/c1-6-32-22-12-10-21(11-13-22)27-24(30)25(31)28-26-15-20-14-18(4)29(19(20)5)23-16(2)8-7-9-17(23)3/h7-15H,6H2,1-5H3,(H,27,30)(H,28,31)/b26-15-. The molecular formula is C25H28N4O3. The van der Waals surface area contributed by atoms with Gasteiger partial charge in [-0.1, -0.05) is 18.2 Å². The smallest absolute Gasteiger partial charge is 0.329 e. The zero-order valence-electron chi connectivity index (χ0n) is 19.0. The second-order valence-corrected chi connectivity index (χ2v) is 7.51. The highest BCUT2D eigenvalue weighted by molar-refractivity contribution is 6.39. The van der Waals surface area contributed by atoms with E-state index in [1.807, 2.05) is 32.9 Å². The number of anilines is 1. The predicted octanol–water partition coefficient (Wildman–Crippen LogP) is 4.20. The average Bonchev–Trinajstić information content (AvgIpc) is 3.03. The normalized spacial score (nSPS) is 10.9. The molecule has 0 bridgehead atoms. The lowest BCUT2D eigenvalue weighted by Gasteiger charge is -2.15. The molecule has 7 nitrogen and oxygen atoms in total. The van der Waals surface area contributed by atoms with Gasteiger partial charge in [-0.2, -0.15) is 5.10 Å². The summed E-state index contributed by atoms with van der Waals surface area (Å²) in [6.45, 7) is 10.6. The third-order valence-corrected chi connectivity index (χ3v) is 5.13. The Bertz CT molecular complexity index is 1140. The van der Waals surface area contributed by atoms with Crippen LogP contribution in [0.4, 0.5) is 5.69 Å². The number of para-hydroxylation sites is 1. The van der Waals surface area contributed by atoms with Crippen LogP contribution in [0.2, 0.25) is 0 Å². The number of aromatic nitrogens is 1. The van der Waals surface area contributed by atoms with E-state index in [1.54, 1.807) is 30.5 Å². The van der Waals surface area contributed by atoms with E-state index in [1.165, 1.54) is 11.1 Å². The number of nitrogens with one attached hydrogen (secondary N) is 2. The van der Waals surface area contributed by atoms with Crippen LogP contribution in [0.25, 0.3) is 5.69 Å². The van der Waals surface area contributed by atoms with E-state index in [0.29, 0.717) is 18.0 Å². The van der Waals surface area contributed by atoms with Crippen LogP contribution < -0.4 is 15.5 Å². The van der Waals surface area contributed by atoms with Gasteiger partial charge in [0.25, 0.3) is 0 Å². The Hall–Kier alpha value is -3.87. The van der Waals surface area contributed by atoms with E-state index in [9.17, 15) is 9.59 Å². The highest BCUT2D eigenvalue weighted by Crippen LogP contribution is 2.25. The average molecular weight is 433 g/mol. The lowest BCUT2D eigenvalue weighted by atomic mass is 10.1. The number of hydrogen-bond acceptors (Lipinski definition) is 4. The fourth-order valence-electron chi connectivity index (χ4n) is 3.62. The summed E-state index contributed by atoms with van der Waals surface area (Å²) >= 11 is 0. The molecule has 166 valence electrons. The Balaban J connectivity index is 1.67. The maximum Gasteiger partial charge on any atom is 0.329 e. The van der Waals surface area contributed by atoms with E-state index in [0.717, 1.165) is 22.6 Å². The number of hydrazone groups is 1. The first kappa shape index (κ1) is 22.8. The largest absolute Gasteiger partial charge is 0.494 e. The Labute approximate surface area is 188 Å². The number of ether oxygens (including phenoxy) is 1. The van der Waals surface area contributed by atoms with Gasteiger partial charge in [0.15, 0.2) is 0 Å². The maximum absolute atomic E-state index is 12.1. The minimum atomic E-state index is -0.848. The number of carbonyl (C=O) groups is 2. The summed E-state index contributed by atoms with van der Waals surface area (Å²) in [6.07, 6.45) is 1.55. The third-order valence-electron chi connectivity index (χ3n) is 5.13. The molecule has 3 aromatic rings. The van der Waals surface area contributed by atoms with Crippen molar-refractivity contribution in [3.05, 3.63) is 76.6 Å². The molecule has 1 heterocycles. The number of carbonyl (C=O) groups excluding carboxylic acids is 2. The second-order valence-electron chi connectivity index (χ2n) is 7.51. The van der Waals surface area contributed by atoms with Crippen LogP contribution in [-0.4, -0.2) is 29.2 Å². The SMILES string of the molecule is CCOc1ccc(NC(=O)C(=O)N/N=C\c2cc(C)n(-c3c(C)cccc3C)c2C)cc1. The molecule has 1 aromatic heterocycles. The molecule has 2 N–H and O–H groups in total. The lowest BCUT2D eigenvalue weighted by molar-refractivity contribution is -0.136. The molecule has 0 radical (unpaired) electrons. The molecule has 0 aliphatic heterocycles. The molecule has 7 heteroatoms. The van der Waals surface area contributed by atoms with Gasteiger partial charge in [0, 0.05) is 22.6 Å². The van der Waals surface area contributed by atoms with Crippen LogP contribution in [0.1, 0.15) is 35.0 Å². The summed E-state index contributed by atoms with van der Waals surface area (Å²) in [6, 6.07) is 15.0. The molecule has 0 saturated carbocycles. The molecule has 2 aromatic carbocycles. The van der Waals surface area contributed by atoms with Crippen molar-refractivity contribution in [2.75, 3.05) is 11.9 Å². The summed E-state index contributed by atoms with van der Waals surface area (Å²) < 4.78 is 7.53. The summed E-state index contributed by atoms with van der Waals surface area (Å²) in [5, 5.41) is 6.51. The van der Waals surface area contributed by atoms with Crippen LogP contribution in [-0.2, 0) is 9.59 Å². The number of hydrogen-bond donors (Lipinski definition) is 2. The van der Waals surface area contributed by atoms with E-state index in [2.05, 4.69) is 46.4 Å². The number of aryl methyl sites for hydroxylation is 3. The molecule has 0 aliphatic rings. The maximum atomic E-state index is 12.1. The molecule has 0 aliphatic carbocycles. The minimum absolute atomic E-state index is 0.495. The predicted molar refractivity (Wildman–Crippen MR) is 127 cm³/mol.